The van der Waals surface area contributed by atoms with Crippen LogP contribution in [0.4, 0.5) is 0 Å². The van der Waals surface area contributed by atoms with Crippen LogP contribution >= 0.6 is 0 Å². The first-order chi connectivity index (χ1) is 13.8. The molecule has 1 heterocycles. The maximum Gasteiger partial charge on any atom is 0.222 e. The van der Waals surface area contributed by atoms with Crippen LogP contribution in [0.15, 0.2) is 12.1 Å². The van der Waals surface area contributed by atoms with Crippen LogP contribution in [-0.2, 0) is 14.4 Å². The van der Waals surface area contributed by atoms with Crippen molar-refractivity contribution >= 4 is 17.5 Å². The lowest BCUT2D eigenvalue weighted by molar-refractivity contribution is -0.140. The Morgan fingerprint density at radius 3 is 2.14 bits per heavy atom. The molecule has 1 aromatic rings. The summed E-state index contributed by atoms with van der Waals surface area (Å²) in [6.45, 7) is 9.05. The van der Waals surface area contributed by atoms with Crippen molar-refractivity contribution in [3.63, 3.8) is 0 Å². The van der Waals surface area contributed by atoms with E-state index in [9.17, 15) is 14.4 Å². The van der Waals surface area contributed by atoms with Crippen LogP contribution in [0.1, 0.15) is 80.5 Å². The highest BCUT2D eigenvalue weighted by Crippen LogP contribution is 2.46. The highest BCUT2D eigenvalue weighted by molar-refractivity contribution is 6.10. The van der Waals surface area contributed by atoms with Crippen LogP contribution in [0.3, 0.4) is 0 Å². The summed E-state index contributed by atoms with van der Waals surface area (Å²) >= 11 is 0. The number of aryl methyl sites for hydroxylation is 2. The van der Waals surface area contributed by atoms with Gasteiger partial charge in [0.05, 0.1) is 0 Å². The van der Waals surface area contributed by atoms with Crippen molar-refractivity contribution < 1.29 is 14.4 Å². The third-order valence-corrected chi connectivity index (χ3v) is 6.53. The molecule has 0 N–H and O–H groups in total. The summed E-state index contributed by atoms with van der Waals surface area (Å²) in [5.41, 5.74) is 3.45. The van der Waals surface area contributed by atoms with Crippen molar-refractivity contribution in [3.8, 4) is 11.8 Å². The van der Waals surface area contributed by atoms with Crippen molar-refractivity contribution in [2.45, 2.75) is 72.1 Å². The molecule has 0 atom stereocenters. The molecule has 4 nitrogen and oxygen atoms in total. The first kappa shape index (κ1) is 21.3. The Kier molecular flexibility index (Phi) is 6.27. The molecule has 1 aliphatic carbocycles. The van der Waals surface area contributed by atoms with E-state index in [0.29, 0.717) is 32.4 Å². The number of ketones is 2. The van der Waals surface area contributed by atoms with Gasteiger partial charge in [-0.05, 0) is 74.3 Å². The fourth-order valence-corrected chi connectivity index (χ4v) is 5.11. The molecule has 0 bridgehead atoms. The minimum Gasteiger partial charge on any atom is -0.343 e. The summed E-state index contributed by atoms with van der Waals surface area (Å²) in [7, 11) is 0. The maximum atomic E-state index is 13.2. The summed E-state index contributed by atoms with van der Waals surface area (Å²) in [6, 6.07) is 3.95. The fourth-order valence-electron chi connectivity index (χ4n) is 5.11. The Balaban J connectivity index is 1.78. The molecule has 0 radical (unpaired) electrons. The van der Waals surface area contributed by atoms with Gasteiger partial charge >= 0.3 is 0 Å². The van der Waals surface area contributed by atoms with Gasteiger partial charge in [-0.25, -0.2) is 0 Å². The van der Waals surface area contributed by atoms with E-state index in [1.165, 1.54) is 0 Å². The van der Waals surface area contributed by atoms with Crippen LogP contribution in [0.25, 0.3) is 0 Å². The number of hydrogen-bond acceptors (Lipinski definition) is 3. The monoisotopic (exact) mass is 393 g/mol. The van der Waals surface area contributed by atoms with Gasteiger partial charge in [0.25, 0.3) is 0 Å². The highest BCUT2D eigenvalue weighted by Gasteiger charge is 2.47. The van der Waals surface area contributed by atoms with Crippen LogP contribution in [0.5, 0.6) is 0 Å². The number of piperidine rings is 1. The zero-order valence-corrected chi connectivity index (χ0v) is 18.1. The molecule has 154 valence electrons. The van der Waals surface area contributed by atoms with E-state index in [1.54, 1.807) is 6.92 Å². The second-order valence-electron chi connectivity index (χ2n) is 8.75. The van der Waals surface area contributed by atoms with Gasteiger partial charge in [-0.15, -0.1) is 5.92 Å². The SMILES string of the molecule is CC#Cc1cc(C)c(C2C(=O)CC3(CCN(C(=O)CCC)CC3)CC2=O)c(C)c1. The number of hydrogen-bond donors (Lipinski definition) is 0. The molecule has 2 aliphatic rings. The zero-order valence-electron chi connectivity index (χ0n) is 18.1. The smallest absolute Gasteiger partial charge is 0.222 e. The van der Waals surface area contributed by atoms with E-state index in [4.69, 9.17) is 0 Å². The zero-order chi connectivity index (χ0) is 21.2. The molecule has 1 amide bonds. The first-order valence-corrected chi connectivity index (χ1v) is 10.7. The van der Waals surface area contributed by atoms with Crippen molar-refractivity contribution in [3.05, 3.63) is 34.4 Å². The van der Waals surface area contributed by atoms with E-state index in [1.807, 2.05) is 37.8 Å². The summed E-state index contributed by atoms with van der Waals surface area (Å²) in [4.78, 5) is 40.4. The lowest BCUT2D eigenvalue weighted by atomic mass is 9.62. The minimum atomic E-state index is -0.649. The average Bonchev–Trinajstić information content (AvgIpc) is 2.64. The molecule has 1 aromatic carbocycles. The second-order valence-corrected chi connectivity index (χ2v) is 8.75. The van der Waals surface area contributed by atoms with Gasteiger partial charge in [-0.3, -0.25) is 14.4 Å². The van der Waals surface area contributed by atoms with Gasteiger partial charge < -0.3 is 4.90 Å². The lowest BCUT2D eigenvalue weighted by Gasteiger charge is -2.44. The number of carbonyl (C=O) groups is 3. The van der Waals surface area contributed by atoms with E-state index < -0.39 is 5.92 Å². The molecule has 4 heteroatoms. The van der Waals surface area contributed by atoms with Crippen LogP contribution in [0.2, 0.25) is 0 Å². The molecule has 1 spiro atoms. The van der Waals surface area contributed by atoms with Gasteiger partial charge in [0, 0.05) is 37.9 Å². The predicted octanol–water partition coefficient (Wildman–Crippen LogP) is 4.10. The fraction of sp³-hybridized carbons (Fsp3) is 0.560. The molecule has 0 unspecified atom stereocenters. The van der Waals surface area contributed by atoms with Gasteiger partial charge in [-0.2, -0.15) is 0 Å². The third kappa shape index (κ3) is 4.29. The Morgan fingerprint density at radius 1 is 1.10 bits per heavy atom. The van der Waals surface area contributed by atoms with Crippen LogP contribution < -0.4 is 0 Å². The molecule has 3 rings (SSSR count). The number of Topliss-reactive ketones (excluding diaryl/α,β-unsaturated/α-hetero) is 2. The van der Waals surface area contributed by atoms with E-state index >= 15 is 0 Å². The first-order valence-electron chi connectivity index (χ1n) is 10.7. The summed E-state index contributed by atoms with van der Waals surface area (Å²) in [5, 5.41) is 0. The molecular formula is C25H31NO3. The van der Waals surface area contributed by atoms with Gasteiger partial charge in [0.2, 0.25) is 5.91 Å². The Hall–Kier alpha value is -2.41. The van der Waals surface area contributed by atoms with E-state index in [2.05, 4.69) is 11.8 Å². The van der Waals surface area contributed by atoms with Gasteiger partial charge in [0.15, 0.2) is 0 Å². The largest absolute Gasteiger partial charge is 0.343 e. The molecule has 0 aromatic heterocycles. The molecule has 29 heavy (non-hydrogen) atoms. The average molecular weight is 394 g/mol. The normalized spacial score (nSPS) is 19.2. The highest BCUT2D eigenvalue weighted by atomic mass is 16.2. The van der Waals surface area contributed by atoms with Crippen molar-refractivity contribution in [1.82, 2.24) is 4.90 Å². The van der Waals surface area contributed by atoms with Gasteiger partial charge in [0.1, 0.15) is 17.5 Å². The topological polar surface area (TPSA) is 54.5 Å². The predicted molar refractivity (Wildman–Crippen MR) is 114 cm³/mol. The van der Waals surface area contributed by atoms with Crippen molar-refractivity contribution in [2.75, 3.05) is 13.1 Å². The minimum absolute atomic E-state index is 0.0371. The van der Waals surface area contributed by atoms with Crippen LogP contribution in [0, 0.1) is 31.1 Å². The summed E-state index contributed by atoms with van der Waals surface area (Å²) in [6.07, 6.45) is 3.79. The number of rotatable bonds is 3. The van der Waals surface area contributed by atoms with E-state index in [-0.39, 0.29) is 22.9 Å². The van der Waals surface area contributed by atoms with Crippen molar-refractivity contribution in [1.29, 1.82) is 0 Å². The number of likely N-dealkylation sites (tertiary alicyclic amines) is 1. The number of amides is 1. The number of carbonyl (C=O) groups excluding carboxylic acids is 3. The molecular weight excluding hydrogens is 362 g/mol. The van der Waals surface area contributed by atoms with Crippen LogP contribution in [-0.4, -0.2) is 35.5 Å². The molecule has 1 aliphatic heterocycles. The number of nitrogens with zero attached hydrogens (tertiary/aromatic N) is 1. The summed E-state index contributed by atoms with van der Waals surface area (Å²) < 4.78 is 0. The Bertz CT molecular complexity index is 851. The maximum absolute atomic E-state index is 13.2. The van der Waals surface area contributed by atoms with Gasteiger partial charge in [-0.1, -0.05) is 12.8 Å². The molecule has 1 saturated heterocycles. The Labute approximate surface area is 174 Å². The Morgan fingerprint density at radius 2 is 1.66 bits per heavy atom. The number of benzene rings is 1. The van der Waals surface area contributed by atoms with Crippen molar-refractivity contribution in [2.24, 2.45) is 5.41 Å². The molecule has 1 saturated carbocycles. The lowest BCUT2D eigenvalue weighted by Crippen LogP contribution is -2.48. The standard InChI is InChI=1S/C25H31NO3/c1-5-7-19-13-17(3)23(18(4)14-19)24-20(27)15-25(16-21(24)28)9-11-26(12-10-25)22(29)8-6-2/h13-14,24H,6,8-12,15-16H2,1-4H3. The summed E-state index contributed by atoms with van der Waals surface area (Å²) in [5.74, 6) is 5.57. The van der Waals surface area contributed by atoms with E-state index in [0.717, 1.165) is 41.5 Å². The molecule has 2 fully saturated rings. The third-order valence-electron chi connectivity index (χ3n) is 6.53. The quantitative estimate of drug-likeness (QED) is 0.574. The second kappa shape index (κ2) is 8.53.